The zero-order valence-corrected chi connectivity index (χ0v) is 19.2. The van der Waals surface area contributed by atoms with Crippen molar-refractivity contribution in [3.05, 3.63) is 53.6 Å². The quantitative estimate of drug-likeness (QED) is 0.724. The SMILES string of the molecule is CCN(CC)C(=O)Nc1ccc2c(c1)N(C(=O)COC(C)(C)C)c1ccccc1CC2. The average Bonchev–Trinajstić information content (AvgIpc) is 2.89. The summed E-state index contributed by atoms with van der Waals surface area (Å²) in [5.41, 5.74) is 4.12. The number of urea groups is 1. The van der Waals surface area contributed by atoms with Crippen LogP contribution in [0.5, 0.6) is 0 Å². The van der Waals surface area contributed by atoms with Gasteiger partial charge in [-0.2, -0.15) is 0 Å². The third-order valence-electron chi connectivity index (χ3n) is 5.40. The Kier molecular flexibility index (Phi) is 7.01. The van der Waals surface area contributed by atoms with Crippen molar-refractivity contribution in [1.29, 1.82) is 0 Å². The van der Waals surface area contributed by atoms with Gasteiger partial charge >= 0.3 is 6.03 Å². The van der Waals surface area contributed by atoms with E-state index in [0.717, 1.165) is 35.3 Å². The van der Waals surface area contributed by atoms with Gasteiger partial charge in [0.25, 0.3) is 5.91 Å². The lowest BCUT2D eigenvalue weighted by Gasteiger charge is -2.28. The van der Waals surface area contributed by atoms with Crippen LogP contribution in [0, 0.1) is 0 Å². The fourth-order valence-electron chi connectivity index (χ4n) is 3.73. The first kappa shape index (κ1) is 22.8. The summed E-state index contributed by atoms with van der Waals surface area (Å²) >= 11 is 0. The van der Waals surface area contributed by atoms with Gasteiger partial charge in [0, 0.05) is 18.8 Å². The first-order valence-electron chi connectivity index (χ1n) is 11.0. The molecule has 0 radical (unpaired) electrons. The molecule has 2 aromatic carbocycles. The van der Waals surface area contributed by atoms with Crippen molar-refractivity contribution < 1.29 is 14.3 Å². The van der Waals surface area contributed by atoms with E-state index in [1.54, 1.807) is 9.80 Å². The van der Waals surface area contributed by atoms with Gasteiger partial charge in [-0.05, 0) is 76.8 Å². The van der Waals surface area contributed by atoms with E-state index in [2.05, 4.69) is 11.4 Å². The van der Waals surface area contributed by atoms with E-state index < -0.39 is 5.60 Å². The predicted molar refractivity (Wildman–Crippen MR) is 125 cm³/mol. The zero-order chi connectivity index (χ0) is 22.6. The number of rotatable bonds is 5. The predicted octanol–water partition coefficient (Wildman–Crippen LogP) is 5.14. The molecule has 0 saturated heterocycles. The molecule has 1 aliphatic rings. The number of carbonyl (C=O) groups excluding carboxylic acids is 2. The van der Waals surface area contributed by atoms with Gasteiger partial charge in [0.15, 0.2) is 0 Å². The summed E-state index contributed by atoms with van der Waals surface area (Å²) in [4.78, 5) is 29.4. The lowest BCUT2D eigenvalue weighted by molar-refractivity contribution is -0.127. The maximum absolute atomic E-state index is 13.4. The number of carbonyl (C=O) groups is 2. The van der Waals surface area contributed by atoms with E-state index in [1.807, 2.05) is 71.0 Å². The van der Waals surface area contributed by atoms with E-state index >= 15 is 0 Å². The van der Waals surface area contributed by atoms with Crippen molar-refractivity contribution in [3.63, 3.8) is 0 Å². The highest BCUT2D eigenvalue weighted by Crippen LogP contribution is 2.37. The van der Waals surface area contributed by atoms with Crippen LogP contribution < -0.4 is 10.2 Å². The Balaban J connectivity index is 1.99. The Morgan fingerprint density at radius 2 is 1.65 bits per heavy atom. The topological polar surface area (TPSA) is 61.9 Å². The number of para-hydroxylation sites is 1. The molecule has 0 spiro atoms. The maximum atomic E-state index is 13.4. The van der Waals surface area contributed by atoms with Gasteiger partial charge in [-0.25, -0.2) is 4.79 Å². The number of nitrogens with zero attached hydrogens (tertiary/aromatic N) is 2. The number of nitrogens with one attached hydrogen (secondary N) is 1. The largest absolute Gasteiger partial charge is 0.366 e. The second kappa shape index (κ2) is 9.52. The van der Waals surface area contributed by atoms with Crippen LogP contribution in [-0.2, 0) is 22.4 Å². The van der Waals surface area contributed by atoms with Crippen LogP contribution in [0.4, 0.5) is 21.9 Å². The molecule has 0 unspecified atom stereocenters. The van der Waals surface area contributed by atoms with Crippen LogP contribution in [0.2, 0.25) is 0 Å². The van der Waals surface area contributed by atoms with Gasteiger partial charge in [0.05, 0.1) is 17.0 Å². The minimum atomic E-state index is -0.413. The van der Waals surface area contributed by atoms with E-state index in [1.165, 1.54) is 0 Å². The number of amides is 3. The highest BCUT2D eigenvalue weighted by atomic mass is 16.5. The number of ether oxygens (including phenoxy) is 1. The Bertz CT molecular complexity index is 945. The summed E-state index contributed by atoms with van der Waals surface area (Å²) < 4.78 is 5.80. The number of benzene rings is 2. The smallest absolute Gasteiger partial charge is 0.321 e. The number of hydrogen-bond donors (Lipinski definition) is 1. The fourth-order valence-corrected chi connectivity index (χ4v) is 3.73. The summed E-state index contributed by atoms with van der Waals surface area (Å²) in [5, 5.41) is 2.97. The lowest BCUT2D eigenvalue weighted by Crippen LogP contribution is -2.35. The summed E-state index contributed by atoms with van der Waals surface area (Å²) in [6.45, 7) is 11.0. The molecule has 31 heavy (non-hydrogen) atoms. The molecular weight excluding hydrogens is 390 g/mol. The molecule has 0 aromatic heterocycles. The Morgan fingerprint density at radius 3 is 2.29 bits per heavy atom. The Hall–Kier alpha value is -2.86. The van der Waals surface area contributed by atoms with Crippen LogP contribution in [0.25, 0.3) is 0 Å². The normalized spacial score (nSPS) is 13.1. The Labute approximate surface area is 185 Å². The zero-order valence-electron chi connectivity index (χ0n) is 19.2. The number of anilines is 3. The Morgan fingerprint density at radius 1 is 1.00 bits per heavy atom. The van der Waals surface area contributed by atoms with Gasteiger partial charge in [-0.1, -0.05) is 24.3 Å². The molecule has 0 fully saturated rings. The first-order chi connectivity index (χ1) is 14.7. The van der Waals surface area contributed by atoms with E-state index in [4.69, 9.17) is 4.74 Å². The summed E-state index contributed by atoms with van der Waals surface area (Å²) in [6, 6.07) is 13.6. The van der Waals surface area contributed by atoms with Crippen LogP contribution in [0.3, 0.4) is 0 Å². The molecule has 0 atom stereocenters. The van der Waals surface area contributed by atoms with E-state index in [0.29, 0.717) is 18.8 Å². The summed E-state index contributed by atoms with van der Waals surface area (Å²) in [7, 11) is 0. The molecule has 1 heterocycles. The standard InChI is InChI=1S/C25H33N3O3/c1-6-27(7-2)24(30)26-20-15-14-19-13-12-18-10-8-9-11-21(18)28(22(19)16-20)23(29)17-31-25(3,4)5/h8-11,14-16H,6-7,12-13,17H2,1-5H3,(H,26,30). The van der Waals surface area contributed by atoms with Crippen molar-refractivity contribution in [2.24, 2.45) is 0 Å². The van der Waals surface area contributed by atoms with Crippen LogP contribution in [-0.4, -0.2) is 42.1 Å². The number of hydrogen-bond acceptors (Lipinski definition) is 3. The van der Waals surface area contributed by atoms with E-state index in [9.17, 15) is 9.59 Å². The molecule has 0 saturated carbocycles. The highest BCUT2D eigenvalue weighted by molar-refractivity contribution is 6.04. The van der Waals surface area contributed by atoms with Crippen molar-refractivity contribution >= 4 is 29.0 Å². The molecule has 6 nitrogen and oxygen atoms in total. The summed E-state index contributed by atoms with van der Waals surface area (Å²) in [6.07, 6.45) is 1.67. The first-order valence-corrected chi connectivity index (χ1v) is 11.0. The molecular formula is C25H33N3O3. The van der Waals surface area contributed by atoms with Crippen molar-refractivity contribution in [3.8, 4) is 0 Å². The molecule has 3 amide bonds. The third-order valence-corrected chi connectivity index (χ3v) is 5.40. The van der Waals surface area contributed by atoms with Gasteiger partial charge in [0.2, 0.25) is 0 Å². The van der Waals surface area contributed by atoms with Crippen molar-refractivity contribution in [2.45, 2.75) is 53.1 Å². The van der Waals surface area contributed by atoms with Crippen LogP contribution >= 0.6 is 0 Å². The second-order valence-electron chi connectivity index (χ2n) is 8.70. The average molecular weight is 424 g/mol. The van der Waals surface area contributed by atoms with E-state index in [-0.39, 0.29) is 18.5 Å². The molecule has 6 heteroatoms. The molecule has 0 aliphatic carbocycles. The highest BCUT2D eigenvalue weighted by Gasteiger charge is 2.27. The minimum absolute atomic E-state index is 0.0205. The summed E-state index contributed by atoms with van der Waals surface area (Å²) in [5.74, 6) is -0.127. The lowest BCUT2D eigenvalue weighted by atomic mass is 10.0. The van der Waals surface area contributed by atoms with Gasteiger partial charge in [0.1, 0.15) is 6.61 Å². The maximum Gasteiger partial charge on any atom is 0.321 e. The van der Waals surface area contributed by atoms with Gasteiger partial charge in [-0.3, -0.25) is 9.69 Å². The third kappa shape index (κ3) is 5.44. The molecule has 166 valence electrons. The number of fused-ring (bicyclic) bond motifs is 2. The van der Waals surface area contributed by atoms with Gasteiger partial charge in [-0.15, -0.1) is 0 Å². The molecule has 1 N–H and O–H groups in total. The minimum Gasteiger partial charge on any atom is -0.366 e. The molecule has 0 bridgehead atoms. The fraction of sp³-hybridized carbons (Fsp3) is 0.440. The monoisotopic (exact) mass is 423 g/mol. The second-order valence-corrected chi connectivity index (χ2v) is 8.70. The van der Waals surface area contributed by atoms with Crippen LogP contribution in [0.15, 0.2) is 42.5 Å². The van der Waals surface area contributed by atoms with Crippen LogP contribution in [0.1, 0.15) is 45.7 Å². The van der Waals surface area contributed by atoms with Crippen molar-refractivity contribution in [2.75, 3.05) is 29.9 Å². The molecule has 3 rings (SSSR count). The number of aryl methyl sites for hydroxylation is 2. The molecule has 1 aliphatic heterocycles. The molecule has 2 aromatic rings. The van der Waals surface area contributed by atoms with Crippen molar-refractivity contribution in [1.82, 2.24) is 4.90 Å². The van der Waals surface area contributed by atoms with Gasteiger partial charge < -0.3 is 15.0 Å².